The Hall–Kier alpha value is -0.610. The summed E-state index contributed by atoms with van der Waals surface area (Å²) in [7, 11) is 1.59. The number of morpholine rings is 1. The second-order valence-electron chi connectivity index (χ2n) is 4.54. The van der Waals surface area contributed by atoms with Crippen molar-refractivity contribution in [2.24, 2.45) is 5.41 Å². The fourth-order valence-electron chi connectivity index (χ4n) is 1.42. The Labute approximate surface area is 85.2 Å². The molecule has 14 heavy (non-hydrogen) atoms. The molecule has 0 unspecified atom stereocenters. The zero-order valence-corrected chi connectivity index (χ0v) is 9.37. The normalized spacial score (nSPS) is 23.7. The van der Waals surface area contributed by atoms with Crippen molar-refractivity contribution in [3.05, 3.63) is 0 Å². The van der Waals surface area contributed by atoms with Gasteiger partial charge in [0.15, 0.2) is 6.29 Å². The standard InChI is InChI=1S/C10H19NO3/c1-10(2,3)9(12)11-5-6-14-8(7-11)13-4/h8H,5-7H2,1-4H3/t8-/m1/s1. The topological polar surface area (TPSA) is 38.8 Å². The summed E-state index contributed by atoms with van der Waals surface area (Å²) in [5.41, 5.74) is -0.324. The van der Waals surface area contributed by atoms with Crippen LogP contribution in [0.15, 0.2) is 0 Å². The van der Waals surface area contributed by atoms with E-state index in [1.807, 2.05) is 20.8 Å². The monoisotopic (exact) mass is 201 g/mol. The van der Waals surface area contributed by atoms with Crippen molar-refractivity contribution in [1.82, 2.24) is 4.90 Å². The number of amides is 1. The van der Waals surface area contributed by atoms with Gasteiger partial charge in [0.1, 0.15) is 0 Å². The van der Waals surface area contributed by atoms with Crippen molar-refractivity contribution in [1.29, 1.82) is 0 Å². The third-order valence-electron chi connectivity index (χ3n) is 2.23. The number of hydrogen-bond acceptors (Lipinski definition) is 3. The quantitative estimate of drug-likeness (QED) is 0.631. The van der Waals surface area contributed by atoms with Gasteiger partial charge in [-0.25, -0.2) is 0 Å². The fraction of sp³-hybridized carbons (Fsp3) is 0.900. The zero-order valence-electron chi connectivity index (χ0n) is 9.37. The second kappa shape index (κ2) is 4.28. The Balaban J connectivity index is 2.56. The summed E-state index contributed by atoms with van der Waals surface area (Å²) in [4.78, 5) is 13.7. The maximum Gasteiger partial charge on any atom is 0.228 e. The first kappa shape index (κ1) is 11.5. The molecule has 1 rings (SSSR count). The Morgan fingerprint density at radius 2 is 2.14 bits per heavy atom. The molecule has 1 saturated heterocycles. The highest BCUT2D eigenvalue weighted by Crippen LogP contribution is 2.19. The maximum atomic E-state index is 11.9. The van der Waals surface area contributed by atoms with Crippen LogP contribution < -0.4 is 0 Å². The van der Waals surface area contributed by atoms with Gasteiger partial charge in [0.05, 0.1) is 13.2 Å². The summed E-state index contributed by atoms with van der Waals surface area (Å²) in [6, 6.07) is 0. The van der Waals surface area contributed by atoms with Crippen LogP contribution in [0.25, 0.3) is 0 Å². The molecule has 1 atom stereocenters. The van der Waals surface area contributed by atoms with Crippen LogP contribution in [-0.2, 0) is 14.3 Å². The number of carbonyl (C=O) groups is 1. The van der Waals surface area contributed by atoms with E-state index in [1.165, 1.54) is 0 Å². The maximum absolute atomic E-state index is 11.9. The number of hydrogen-bond donors (Lipinski definition) is 0. The SMILES string of the molecule is CO[C@H]1CN(C(=O)C(C)(C)C)CCO1. The predicted octanol–water partition coefficient (Wildman–Crippen LogP) is 0.864. The van der Waals surface area contributed by atoms with Crippen LogP contribution in [0.1, 0.15) is 20.8 Å². The first-order valence-corrected chi connectivity index (χ1v) is 4.89. The lowest BCUT2D eigenvalue weighted by Gasteiger charge is -2.35. The molecule has 0 N–H and O–H groups in total. The highest BCUT2D eigenvalue weighted by atomic mass is 16.7. The van der Waals surface area contributed by atoms with E-state index in [2.05, 4.69) is 0 Å². The molecule has 1 amide bonds. The molecule has 0 bridgehead atoms. The molecule has 0 aliphatic carbocycles. The minimum atomic E-state index is -0.324. The van der Waals surface area contributed by atoms with E-state index in [-0.39, 0.29) is 17.6 Å². The molecule has 0 spiro atoms. The Morgan fingerprint density at radius 3 is 2.64 bits per heavy atom. The Morgan fingerprint density at radius 1 is 1.50 bits per heavy atom. The third-order valence-corrected chi connectivity index (χ3v) is 2.23. The summed E-state index contributed by atoms with van der Waals surface area (Å²) in [5, 5.41) is 0. The Kier molecular flexibility index (Phi) is 3.50. The van der Waals surface area contributed by atoms with E-state index < -0.39 is 0 Å². The van der Waals surface area contributed by atoms with E-state index >= 15 is 0 Å². The van der Waals surface area contributed by atoms with E-state index in [9.17, 15) is 4.79 Å². The molecule has 1 fully saturated rings. The van der Waals surface area contributed by atoms with Gasteiger partial charge in [-0.3, -0.25) is 4.79 Å². The van der Waals surface area contributed by atoms with Gasteiger partial charge in [-0.1, -0.05) is 20.8 Å². The van der Waals surface area contributed by atoms with Crippen LogP contribution in [0, 0.1) is 5.41 Å². The van der Waals surface area contributed by atoms with Crippen molar-refractivity contribution in [3.63, 3.8) is 0 Å². The number of rotatable bonds is 1. The molecule has 1 aliphatic rings. The number of ether oxygens (including phenoxy) is 2. The fourth-order valence-corrected chi connectivity index (χ4v) is 1.42. The van der Waals surface area contributed by atoms with Gasteiger partial charge in [-0.05, 0) is 0 Å². The Bertz CT molecular complexity index is 210. The summed E-state index contributed by atoms with van der Waals surface area (Å²) in [6.07, 6.45) is -0.268. The largest absolute Gasteiger partial charge is 0.354 e. The smallest absolute Gasteiger partial charge is 0.228 e. The summed E-state index contributed by atoms with van der Waals surface area (Å²) in [5.74, 6) is 0.155. The first-order chi connectivity index (χ1) is 6.45. The molecule has 4 heteroatoms. The second-order valence-corrected chi connectivity index (χ2v) is 4.54. The van der Waals surface area contributed by atoms with Gasteiger partial charge >= 0.3 is 0 Å². The third kappa shape index (κ3) is 2.69. The van der Waals surface area contributed by atoms with Gasteiger partial charge in [0.2, 0.25) is 5.91 Å². The molecule has 1 heterocycles. The molecule has 0 aromatic rings. The van der Waals surface area contributed by atoms with E-state index in [0.717, 1.165) is 0 Å². The number of carbonyl (C=O) groups excluding carboxylic acids is 1. The van der Waals surface area contributed by atoms with Crippen LogP contribution in [0.3, 0.4) is 0 Å². The number of methoxy groups -OCH3 is 1. The zero-order chi connectivity index (χ0) is 10.8. The lowest BCUT2D eigenvalue weighted by Crippen LogP contribution is -2.49. The average Bonchev–Trinajstić information content (AvgIpc) is 2.15. The van der Waals surface area contributed by atoms with Crippen molar-refractivity contribution >= 4 is 5.91 Å². The molecule has 0 aromatic heterocycles. The summed E-state index contributed by atoms with van der Waals surface area (Å²) < 4.78 is 10.4. The lowest BCUT2D eigenvalue weighted by atomic mass is 9.94. The molecular weight excluding hydrogens is 182 g/mol. The van der Waals surface area contributed by atoms with Crippen molar-refractivity contribution in [3.8, 4) is 0 Å². The van der Waals surface area contributed by atoms with Crippen LogP contribution >= 0.6 is 0 Å². The summed E-state index contributed by atoms with van der Waals surface area (Å²) >= 11 is 0. The molecule has 4 nitrogen and oxygen atoms in total. The van der Waals surface area contributed by atoms with E-state index in [4.69, 9.17) is 9.47 Å². The highest BCUT2D eigenvalue weighted by Gasteiger charge is 2.31. The van der Waals surface area contributed by atoms with Crippen LogP contribution in [0.5, 0.6) is 0 Å². The van der Waals surface area contributed by atoms with Gasteiger partial charge in [0.25, 0.3) is 0 Å². The van der Waals surface area contributed by atoms with Crippen molar-refractivity contribution in [2.75, 3.05) is 26.8 Å². The van der Waals surface area contributed by atoms with Crippen LogP contribution in [0.4, 0.5) is 0 Å². The highest BCUT2D eigenvalue weighted by molar-refractivity contribution is 5.81. The molecule has 0 radical (unpaired) electrons. The van der Waals surface area contributed by atoms with Crippen LogP contribution in [-0.4, -0.2) is 43.9 Å². The van der Waals surface area contributed by atoms with Crippen molar-refractivity contribution in [2.45, 2.75) is 27.1 Å². The van der Waals surface area contributed by atoms with Gasteiger partial charge in [-0.2, -0.15) is 0 Å². The van der Waals surface area contributed by atoms with Crippen molar-refractivity contribution < 1.29 is 14.3 Å². The molecule has 82 valence electrons. The van der Waals surface area contributed by atoms with Gasteiger partial charge in [0, 0.05) is 19.1 Å². The lowest BCUT2D eigenvalue weighted by molar-refractivity contribution is -0.179. The number of nitrogens with zero attached hydrogens (tertiary/aromatic N) is 1. The van der Waals surface area contributed by atoms with E-state index in [1.54, 1.807) is 12.0 Å². The van der Waals surface area contributed by atoms with E-state index in [0.29, 0.717) is 19.7 Å². The minimum Gasteiger partial charge on any atom is -0.354 e. The molecule has 0 saturated carbocycles. The summed E-state index contributed by atoms with van der Waals surface area (Å²) in [6.45, 7) is 7.52. The van der Waals surface area contributed by atoms with Gasteiger partial charge < -0.3 is 14.4 Å². The predicted molar refractivity (Wildman–Crippen MR) is 52.8 cm³/mol. The molecule has 1 aliphatic heterocycles. The van der Waals surface area contributed by atoms with Gasteiger partial charge in [-0.15, -0.1) is 0 Å². The first-order valence-electron chi connectivity index (χ1n) is 4.89. The van der Waals surface area contributed by atoms with Crippen LogP contribution in [0.2, 0.25) is 0 Å². The average molecular weight is 201 g/mol. The molecule has 0 aromatic carbocycles. The molecular formula is C10H19NO3. The minimum absolute atomic E-state index is 0.155.